The number of aromatic nitrogens is 1. The summed E-state index contributed by atoms with van der Waals surface area (Å²) in [4.78, 5) is 17.6. The number of nitrogens with zero attached hydrogens (tertiary/aromatic N) is 1. The molecule has 0 saturated carbocycles. The molecule has 1 aromatic heterocycles. The average Bonchev–Trinajstić information content (AvgIpc) is 3.36. The van der Waals surface area contributed by atoms with E-state index < -0.39 is 5.97 Å². The van der Waals surface area contributed by atoms with E-state index in [4.69, 9.17) is 9.47 Å². The van der Waals surface area contributed by atoms with Crippen molar-refractivity contribution in [1.82, 2.24) is 9.88 Å². The third-order valence-electron chi connectivity index (χ3n) is 6.26. The molecule has 0 unspecified atom stereocenters. The first-order valence-corrected chi connectivity index (χ1v) is 11.6. The number of hydrogen-bond donors (Lipinski definition) is 2. The highest BCUT2D eigenvalue weighted by molar-refractivity contribution is 5.99. The van der Waals surface area contributed by atoms with Crippen molar-refractivity contribution in [2.45, 2.75) is 6.54 Å². The molecule has 0 radical (unpaired) electrons. The number of fused-ring (bicyclic) bond motifs is 1. The molecular formula is C29H26N2O4. The van der Waals surface area contributed by atoms with Crippen molar-refractivity contribution in [3.63, 3.8) is 0 Å². The molecule has 2 heterocycles. The number of H-pyrrole nitrogens is 1. The van der Waals surface area contributed by atoms with E-state index >= 15 is 0 Å². The van der Waals surface area contributed by atoms with Crippen LogP contribution in [-0.4, -0.2) is 54.4 Å². The lowest BCUT2D eigenvalue weighted by Crippen LogP contribution is -2.35. The number of aromatic carboxylic acids is 1. The first-order chi connectivity index (χ1) is 17.1. The summed E-state index contributed by atoms with van der Waals surface area (Å²) in [6, 6.07) is 19.0. The maximum absolute atomic E-state index is 12.0. The summed E-state index contributed by atoms with van der Waals surface area (Å²) in [7, 11) is 1.67. The van der Waals surface area contributed by atoms with Crippen LogP contribution in [0.25, 0.3) is 22.0 Å². The van der Waals surface area contributed by atoms with Gasteiger partial charge >= 0.3 is 5.97 Å². The van der Waals surface area contributed by atoms with E-state index in [1.54, 1.807) is 19.2 Å². The molecule has 176 valence electrons. The quantitative estimate of drug-likeness (QED) is 0.415. The fourth-order valence-corrected chi connectivity index (χ4v) is 4.44. The smallest absolute Gasteiger partial charge is 0.336 e. The van der Waals surface area contributed by atoms with E-state index in [0.29, 0.717) is 11.1 Å². The zero-order chi connectivity index (χ0) is 24.2. The van der Waals surface area contributed by atoms with Crippen LogP contribution in [0.5, 0.6) is 5.75 Å². The molecule has 0 atom stereocenters. The fraction of sp³-hybridized carbons (Fsp3) is 0.207. The summed E-state index contributed by atoms with van der Waals surface area (Å²) in [6.45, 7) is 4.11. The Morgan fingerprint density at radius 2 is 1.94 bits per heavy atom. The molecule has 0 bridgehead atoms. The molecule has 6 nitrogen and oxygen atoms in total. The van der Waals surface area contributed by atoms with Gasteiger partial charge in [0.15, 0.2) is 0 Å². The maximum atomic E-state index is 12.0. The van der Waals surface area contributed by atoms with Crippen LogP contribution in [0.3, 0.4) is 0 Å². The second-order valence-electron chi connectivity index (χ2n) is 8.48. The molecule has 1 aliphatic rings. The Bertz CT molecular complexity index is 1440. The van der Waals surface area contributed by atoms with Gasteiger partial charge in [-0.05, 0) is 47.3 Å². The number of rotatable bonds is 5. The first-order valence-electron chi connectivity index (χ1n) is 11.6. The second-order valence-corrected chi connectivity index (χ2v) is 8.48. The van der Waals surface area contributed by atoms with Crippen molar-refractivity contribution in [3.05, 3.63) is 89.1 Å². The van der Waals surface area contributed by atoms with Crippen molar-refractivity contribution >= 4 is 16.9 Å². The number of methoxy groups -OCH3 is 1. The van der Waals surface area contributed by atoms with Crippen molar-refractivity contribution < 1.29 is 19.4 Å². The molecule has 3 aromatic carbocycles. The van der Waals surface area contributed by atoms with Gasteiger partial charge in [-0.25, -0.2) is 4.79 Å². The van der Waals surface area contributed by atoms with Crippen LogP contribution in [0.1, 0.15) is 27.0 Å². The number of ether oxygens (including phenoxy) is 2. The molecular weight excluding hydrogens is 440 g/mol. The number of carbonyl (C=O) groups is 1. The number of aromatic amines is 1. The first kappa shape index (κ1) is 22.7. The number of benzene rings is 3. The third kappa shape index (κ3) is 4.92. The van der Waals surface area contributed by atoms with Gasteiger partial charge < -0.3 is 19.6 Å². The summed E-state index contributed by atoms with van der Waals surface area (Å²) < 4.78 is 11.1. The highest BCUT2D eigenvalue weighted by Gasteiger charge is 2.16. The van der Waals surface area contributed by atoms with E-state index in [1.165, 1.54) is 0 Å². The van der Waals surface area contributed by atoms with Gasteiger partial charge in [0, 0.05) is 53.6 Å². The molecule has 4 aromatic rings. The van der Waals surface area contributed by atoms with Gasteiger partial charge in [0.25, 0.3) is 0 Å². The number of nitrogens with one attached hydrogen (secondary N) is 1. The van der Waals surface area contributed by atoms with Gasteiger partial charge in [0.05, 0.1) is 25.9 Å². The van der Waals surface area contributed by atoms with Crippen LogP contribution in [0.15, 0.2) is 66.9 Å². The van der Waals surface area contributed by atoms with Gasteiger partial charge in [-0.1, -0.05) is 36.1 Å². The molecule has 0 amide bonds. The lowest BCUT2D eigenvalue weighted by molar-refractivity contribution is 0.0339. The molecule has 0 aliphatic carbocycles. The molecule has 1 fully saturated rings. The van der Waals surface area contributed by atoms with Crippen molar-refractivity contribution in [2.24, 2.45) is 0 Å². The second kappa shape index (κ2) is 10.1. The molecule has 1 saturated heterocycles. The number of hydrogen-bond acceptors (Lipinski definition) is 4. The third-order valence-corrected chi connectivity index (χ3v) is 6.26. The van der Waals surface area contributed by atoms with E-state index in [2.05, 4.69) is 21.7 Å². The number of morpholine rings is 1. The predicted molar refractivity (Wildman–Crippen MR) is 136 cm³/mol. The van der Waals surface area contributed by atoms with E-state index in [9.17, 15) is 9.90 Å². The van der Waals surface area contributed by atoms with Gasteiger partial charge in [-0.15, -0.1) is 0 Å². The molecule has 2 N–H and O–H groups in total. The van der Waals surface area contributed by atoms with Gasteiger partial charge in [-0.3, -0.25) is 4.90 Å². The highest BCUT2D eigenvalue weighted by atomic mass is 16.5. The Balaban J connectivity index is 1.50. The maximum Gasteiger partial charge on any atom is 0.336 e. The lowest BCUT2D eigenvalue weighted by atomic mass is 9.93. The number of carboxylic acids is 1. The number of carboxylic acid groups (broad SMARTS) is 1. The van der Waals surface area contributed by atoms with Gasteiger partial charge in [0.1, 0.15) is 5.75 Å². The minimum absolute atomic E-state index is 0.223. The molecule has 5 rings (SSSR count). The summed E-state index contributed by atoms with van der Waals surface area (Å²) in [5.41, 5.74) is 5.16. The molecule has 35 heavy (non-hydrogen) atoms. The van der Waals surface area contributed by atoms with Crippen LogP contribution in [-0.2, 0) is 11.3 Å². The van der Waals surface area contributed by atoms with Crippen molar-refractivity contribution in [2.75, 3.05) is 33.4 Å². The summed E-state index contributed by atoms with van der Waals surface area (Å²) in [5, 5.41) is 10.9. The lowest BCUT2D eigenvalue weighted by Gasteiger charge is -2.27. The standard InChI is InChI=1S/C29H26N2O4/c1-34-27-17-20(6-8-24(27)19-31-13-15-35-16-14-31)5-7-22-3-2-4-25(29(32)33)28(22)23-10-9-21-11-12-30-26(21)18-23/h2-4,6,8-12,17-18,30H,13-16,19H2,1H3,(H,32,33). The molecule has 1 aliphatic heterocycles. The van der Waals surface area contributed by atoms with Crippen LogP contribution < -0.4 is 4.74 Å². The largest absolute Gasteiger partial charge is 0.496 e. The Hall–Kier alpha value is -4.05. The zero-order valence-corrected chi connectivity index (χ0v) is 19.5. The van der Waals surface area contributed by atoms with Crippen LogP contribution in [0, 0.1) is 11.8 Å². The minimum Gasteiger partial charge on any atom is -0.496 e. The zero-order valence-electron chi connectivity index (χ0n) is 19.5. The predicted octanol–water partition coefficient (Wildman–Crippen LogP) is 4.77. The normalized spacial score (nSPS) is 13.9. The minimum atomic E-state index is -0.982. The average molecular weight is 467 g/mol. The van der Waals surface area contributed by atoms with Crippen LogP contribution >= 0.6 is 0 Å². The monoisotopic (exact) mass is 466 g/mol. The van der Waals surface area contributed by atoms with Gasteiger partial charge in [-0.2, -0.15) is 0 Å². The summed E-state index contributed by atoms with van der Waals surface area (Å²) >= 11 is 0. The Morgan fingerprint density at radius 3 is 2.74 bits per heavy atom. The highest BCUT2D eigenvalue weighted by Crippen LogP contribution is 2.30. The van der Waals surface area contributed by atoms with Gasteiger partial charge in [0.2, 0.25) is 0 Å². The van der Waals surface area contributed by atoms with E-state index in [1.807, 2.05) is 54.7 Å². The topological polar surface area (TPSA) is 74.8 Å². The Labute approximate surface area is 204 Å². The summed E-state index contributed by atoms with van der Waals surface area (Å²) in [5.74, 6) is 6.23. The van der Waals surface area contributed by atoms with E-state index in [0.717, 1.165) is 66.2 Å². The fourth-order valence-electron chi connectivity index (χ4n) is 4.44. The van der Waals surface area contributed by atoms with Crippen molar-refractivity contribution in [3.8, 4) is 28.7 Å². The Morgan fingerprint density at radius 1 is 1.09 bits per heavy atom. The molecule has 0 spiro atoms. The summed E-state index contributed by atoms with van der Waals surface area (Å²) in [6.07, 6.45) is 1.87. The van der Waals surface area contributed by atoms with Crippen molar-refractivity contribution in [1.29, 1.82) is 0 Å². The van der Waals surface area contributed by atoms with Crippen LogP contribution in [0.4, 0.5) is 0 Å². The van der Waals surface area contributed by atoms with Crippen LogP contribution in [0.2, 0.25) is 0 Å². The van der Waals surface area contributed by atoms with E-state index in [-0.39, 0.29) is 5.56 Å². The Kier molecular flexibility index (Phi) is 6.53. The molecule has 6 heteroatoms. The SMILES string of the molecule is COc1cc(C#Cc2cccc(C(=O)O)c2-c2ccc3cc[nH]c3c2)ccc1CN1CCOCC1.